The van der Waals surface area contributed by atoms with Gasteiger partial charge in [0.25, 0.3) is 0 Å². The van der Waals surface area contributed by atoms with Crippen molar-refractivity contribution in [3.63, 3.8) is 0 Å². The number of nitrogens with one attached hydrogen (secondary N) is 2. The molecule has 0 saturated carbocycles. The number of Topliss-reactive ketones (excluding diaryl/α,β-unsaturated/α-hetero) is 1. The highest BCUT2D eigenvalue weighted by atomic mass is 16.1. The normalized spacial score (nSPS) is 13.7. The van der Waals surface area contributed by atoms with E-state index in [1.54, 1.807) is 0 Å². The lowest BCUT2D eigenvalue weighted by Gasteiger charge is -2.16. The summed E-state index contributed by atoms with van der Waals surface area (Å²) >= 11 is 0. The van der Waals surface area contributed by atoms with E-state index < -0.39 is 0 Å². The Bertz CT molecular complexity index is 363. The molecule has 0 heterocycles. The van der Waals surface area contributed by atoms with Crippen LogP contribution in [0.3, 0.4) is 0 Å². The van der Waals surface area contributed by atoms with Gasteiger partial charge in [0.2, 0.25) is 0 Å². The van der Waals surface area contributed by atoms with Crippen LogP contribution in [0.1, 0.15) is 104 Å². The first kappa shape index (κ1) is 28.5. The van der Waals surface area contributed by atoms with Gasteiger partial charge in [-0.1, -0.05) is 52.4 Å². The van der Waals surface area contributed by atoms with Crippen LogP contribution in [0.2, 0.25) is 0 Å². The molecule has 0 radical (unpaired) electrons. The molecule has 5 heteroatoms. The van der Waals surface area contributed by atoms with Gasteiger partial charge in [-0.25, -0.2) is 0 Å². The van der Waals surface area contributed by atoms with Gasteiger partial charge >= 0.3 is 0 Å². The van der Waals surface area contributed by atoms with Crippen LogP contribution in [0, 0.1) is 5.92 Å². The molecule has 0 saturated heterocycles. The van der Waals surface area contributed by atoms with E-state index in [1.165, 1.54) is 38.5 Å². The van der Waals surface area contributed by atoms with Gasteiger partial charge in [0.1, 0.15) is 5.78 Å². The molecule has 6 N–H and O–H groups in total. The highest BCUT2D eigenvalue weighted by Crippen LogP contribution is 2.11. The van der Waals surface area contributed by atoms with E-state index in [1.807, 2.05) is 0 Å². The zero-order chi connectivity index (χ0) is 21.7. The molecule has 0 aliphatic heterocycles. The molecule has 0 amide bonds. The van der Waals surface area contributed by atoms with Crippen LogP contribution in [0.25, 0.3) is 0 Å². The number of carbonyl (C=O) groups excluding carboxylic acids is 1. The van der Waals surface area contributed by atoms with Crippen molar-refractivity contribution in [3.8, 4) is 0 Å². The van der Waals surface area contributed by atoms with E-state index >= 15 is 0 Å². The fourth-order valence-electron chi connectivity index (χ4n) is 3.76. The van der Waals surface area contributed by atoms with E-state index in [4.69, 9.17) is 11.5 Å². The topological polar surface area (TPSA) is 93.2 Å². The van der Waals surface area contributed by atoms with Crippen molar-refractivity contribution >= 4 is 5.78 Å². The maximum atomic E-state index is 12.2. The van der Waals surface area contributed by atoms with Crippen molar-refractivity contribution in [3.05, 3.63) is 0 Å². The highest BCUT2D eigenvalue weighted by molar-refractivity contribution is 5.83. The van der Waals surface area contributed by atoms with Gasteiger partial charge in [-0.2, -0.15) is 0 Å². The summed E-state index contributed by atoms with van der Waals surface area (Å²) in [7, 11) is 0. The average Bonchev–Trinajstić information content (AvgIpc) is 2.67. The average molecular weight is 413 g/mol. The lowest BCUT2D eigenvalue weighted by Crippen LogP contribution is -2.31. The minimum atomic E-state index is -0.255. The number of ketones is 1. The van der Waals surface area contributed by atoms with Crippen LogP contribution in [0.4, 0.5) is 0 Å². The van der Waals surface area contributed by atoms with Gasteiger partial charge in [0, 0.05) is 12.5 Å². The molecule has 0 spiro atoms. The molecule has 2 atom stereocenters. The Morgan fingerprint density at radius 1 is 0.793 bits per heavy atom. The Balaban J connectivity index is 3.40. The second-order valence-electron chi connectivity index (χ2n) is 9.17. The first-order valence-corrected chi connectivity index (χ1v) is 12.4. The molecule has 174 valence electrons. The van der Waals surface area contributed by atoms with Crippen molar-refractivity contribution in [1.29, 1.82) is 0 Å². The second-order valence-corrected chi connectivity index (χ2v) is 9.17. The van der Waals surface area contributed by atoms with E-state index in [0.717, 1.165) is 70.6 Å². The minimum Gasteiger partial charge on any atom is -0.330 e. The maximum absolute atomic E-state index is 12.2. The van der Waals surface area contributed by atoms with Crippen LogP contribution in [0.15, 0.2) is 0 Å². The lowest BCUT2D eigenvalue weighted by atomic mass is 10.0. The van der Waals surface area contributed by atoms with Crippen LogP contribution in [-0.4, -0.2) is 44.0 Å². The van der Waals surface area contributed by atoms with E-state index in [-0.39, 0.29) is 11.8 Å². The molecule has 0 fully saturated rings. The molecule has 1 unspecified atom stereocenters. The van der Waals surface area contributed by atoms with Crippen LogP contribution >= 0.6 is 0 Å². The molecule has 5 nitrogen and oxygen atoms in total. The van der Waals surface area contributed by atoms with Crippen molar-refractivity contribution < 1.29 is 4.79 Å². The Morgan fingerprint density at radius 3 is 2.03 bits per heavy atom. The van der Waals surface area contributed by atoms with Gasteiger partial charge in [-0.3, -0.25) is 4.79 Å². The summed E-state index contributed by atoms with van der Waals surface area (Å²) in [5.74, 6) is 0.993. The van der Waals surface area contributed by atoms with Gasteiger partial charge in [-0.05, 0) is 77.5 Å². The first-order chi connectivity index (χ1) is 14.0. The van der Waals surface area contributed by atoms with Gasteiger partial charge in [0.05, 0.1) is 6.04 Å². The standard InChI is InChI=1S/C24H52N4O/c1-21(2)20-22(3)28-19-12-10-14-23(26)24(29)15-9-7-5-4-6-8-11-17-27-18-13-16-25/h21-23,27-28H,4-20,25-26H2,1-3H3/t22?,23-/m1/s1. The molecule has 0 aromatic carbocycles. The molecule has 29 heavy (non-hydrogen) atoms. The molecule has 0 aliphatic carbocycles. The zero-order valence-electron chi connectivity index (χ0n) is 19.8. The SMILES string of the molecule is CC(C)CC(C)NCCCC[C@@H](N)C(=O)CCCCCCCCCNCCCN. The Labute approximate surface area is 181 Å². The zero-order valence-corrected chi connectivity index (χ0v) is 19.8. The quantitative estimate of drug-likeness (QED) is 0.201. The number of carbonyl (C=O) groups is 1. The molecule has 0 aromatic heterocycles. The van der Waals surface area contributed by atoms with E-state index in [2.05, 4.69) is 31.4 Å². The van der Waals surface area contributed by atoms with Gasteiger partial charge in [0.15, 0.2) is 0 Å². The summed E-state index contributed by atoms with van der Waals surface area (Å²) in [4.78, 5) is 12.2. The van der Waals surface area contributed by atoms with Crippen molar-refractivity contribution in [1.82, 2.24) is 10.6 Å². The first-order valence-electron chi connectivity index (χ1n) is 12.4. The smallest absolute Gasteiger partial charge is 0.149 e. The molecule has 0 rings (SSSR count). The summed E-state index contributed by atoms with van der Waals surface area (Å²) in [5.41, 5.74) is 11.5. The third-order valence-electron chi connectivity index (χ3n) is 5.51. The maximum Gasteiger partial charge on any atom is 0.149 e. The number of nitrogens with two attached hydrogens (primary N) is 2. The Hall–Kier alpha value is -0.490. The van der Waals surface area contributed by atoms with Crippen molar-refractivity contribution in [2.75, 3.05) is 26.2 Å². The predicted molar refractivity (Wildman–Crippen MR) is 127 cm³/mol. The summed E-state index contributed by atoms with van der Waals surface area (Å²) in [6, 6.07) is 0.318. The fraction of sp³-hybridized carbons (Fsp3) is 0.958. The van der Waals surface area contributed by atoms with Crippen molar-refractivity contribution in [2.24, 2.45) is 17.4 Å². The monoisotopic (exact) mass is 412 g/mol. The Kier molecular flexibility index (Phi) is 20.4. The van der Waals surface area contributed by atoms with Crippen LogP contribution < -0.4 is 22.1 Å². The number of hydrogen-bond donors (Lipinski definition) is 4. The Morgan fingerprint density at radius 2 is 1.38 bits per heavy atom. The lowest BCUT2D eigenvalue weighted by molar-refractivity contribution is -0.120. The number of hydrogen-bond acceptors (Lipinski definition) is 5. The fourth-order valence-corrected chi connectivity index (χ4v) is 3.76. The molecule has 0 bridgehead atoms. The molecule has 0 aromatic rings. The van der Waals surface area contributed by atoms with E-state index in [9.17, 15) is 4.79 Å². The minimum absolute atomic E-state index is 0.255. The third-order valence-corrected chi connectivity index (χ3v) is 5.51. The second kappa shape index (κ2) is 20.8. The van der Waals surface area contributed by atoms with Gasteiger partial charge < -0.3 is 22.1 Å². The largest absolute Gasteiger partial charge is 0.330 e. The van der Waals surface area contributed by atoms with Crippen LogP contribution in [0.5, 0.6) is 0 Å². The number of unbranched alkanes of at least 4 members (excludes halogenated alkanes) is 7. The summed E-state index contributed by atoms with van der Waals surface area (Å²) in [6.45, 7) is 10.7. The predicted octanol–water partition coefficient (Wildman–Crippen LogP) is 4.14. The molecule has 0 aliphatic rings. The summed E-state index contributed by atoms with van der Waals surface area (Å²) < 4.78 is 0. The summed E-state index contributed by atoms with van der Waals surface area (Å²) in [6.07, 6.45) is 14.4. The van der Waals surface area contributed by atoms with E-state index in [0.29, 0.717) is 12.5 Å². The number of rotatable bonds is 22. The highest BCUT2D eigenvalue weighted by Gasteiger charge is 2.12. The van der Waals surface area contributed by atoms with Crippen molar-refractivity contribution in [2.45, 2.75) is 116 Å². The van der Waals surface area contributed by atoms with Crippen LogP contribution in [-0.2, 0) is 4.79 Å². The molecular formula is C24H52N4O. The molecular weight excluding hydrogens is 360 g/mol. The summed E-state index contributed by atoms with van der Waals surface area (Å²) in [5, 5.41) is 6.98. The third kappa shape index (κ3) is 20.6. The van der Waals surface area contributed by atoms with Gasteiger partial charge in [-0.15, -0.1) is 0 Å².